The molecule has 1 amide bonds. The van der Waals surface area contributed by atoms with Crippen LogP contribution in [0.15, 0.2) is 71.9 Å². The smallest absolute Gasteiger partial charge is 0.251 e. The lowest BCUT2D eigenvalue weighted by atomic mass is 9.91. The van der Waals surface area contributed by atoms with E-state index in [0.29, 0.717) is 18.0 Å². The average molecular weight is 559 g/mol. The van der Waals surface area contributed by atoms with Crippen molar-refractivity contribution in [3.63, 3.8) is 0 Å². The zero-order chi connectivity index (χ0) is 29.5. The summed E-state index contributed by atoms with van der Waals surface area (Å²) in [5.74, 6) is 0.660. The van der Waals surface area contributed by atoms with E-state index in [1.54, 1.807) is 0 Å². The Morgan fingerprint density at radius 3 is 2.71 bits per heavy atom. The van der Waals surface area contributed by atoms with Gasteiger partial charge >= 0.3 is 0 Å². The molecule has 1 aromatic rings. The number of nitrogens with one attached hydrogen (secondary N) is 4. The first kappa shape index (κ1) is 30.3. The summed E-state index contributed by atoms with van der Waals surface area (Å²) in [6.07, 6.45) is 14.4. The van der Waals surface area contributed by atoms with Gasteiger partial charge in [0.25, 0.3) is 5.91 Å². The maximum absolute atomic E-state index is 13.2. The van der Waals surface area contributed by atoms with Gasteiger partial charge in [-0.05, 0) is 41.5 Å². The van der Waals surface area contributed by atoms with Crippen LogP contribution in [0.5, 0.6) is 0 Å². The molecule has 0 bridgehead atoms. The van der Waals surface area contributed by atoms with E-state index >= 15 is 0 Å². The van der Waals surface area contributed by atoms with E-state index in [-0.39, 0.29) is 17.7 Å². The summed E-state index contributed by atoms with van der Waals surface area (Å²) in [6, 6.07) is 2.13. The zero-order valence-electron chi connectivity index (χ0n) is 25.2. The van der Waals surface area contributed by atoms with Crippen molar-refractivity contribution < 1.29 is 9.53 Å². The molecule has 220 valence electrons. The summed E-state index contributed by atoms with van der Waals surface area (Å²) in [5, 5.41) is 15.1. The lowest BCUT2D eigenvalue weighted by Crippen LogP contribution is -2.41. The van der Waals surface area contributed by atoms with Gasteiger partial charge < -0.3 is 30.7 Å². The first-order valence-electron chi connectivity index (χ1n) is 14.7. The van der Waals surface area contributed by atoms with Crippen molar-refractivity contribution in [1.29, 1.82) is 5.41 Å². The molecule has 2 aliphatic carbocycles. The second kappa shape index (κ2) is 13.8. The van der Waals surface area contributed by atoms with Crippen LogP contribution < -0.4 is 10.6 Å². The van der Waals surface area contributed by atoms with Gasteiger partial charge in [0.2, 0.25) is 0 Å². The lowest BCUT2D eigenvalue weighted by Gasteiger charge is -2.26. The molecule has 3 unspecified atom stereocenters. The minimum Gasteiger partial charge on any atom is -0.383 e. The highest BCUT2D eigenvalue weighted by Crippen LogP contribution is 2.38. The first-order chi connectivity index (χ1) is 19.7. The van der Waals surface area contributed by atoms with E-state index in [4.69, 9.17) is 10.1 Å². The van der Waals surface area contributed by atoms with Crippen molar-refractivity contribution in [1.82, 2.24) is 25.4 Å². The Labute approximate surface area is 245 Å². The van der Waals surface area contributed by atoms with Crippen molar-refractivity contribution in [2.75, 3.05) is 53.5 Å². The molecule has 1 aromatic heterocycles. The number of carbonyl (C=O) groups excluding carboxylic acids is 1. The number of H-pyrrole nitrogens is 1. The Morgan fingerprint density at radius 2 is 2.02 bits per heavy atom. The van der Waals surface area contributed by atoms with Crippen LogP contribution in [0.4, 0.5) is 0 Å². The molecule has 0 aromatic carbocycles. The topological polar surface area (TPSA) is 96.5 Å². The summed E-state index contributed by atoms with van der Waals surface area (Å²) < 4.78 is 5.42. The van der Waals surface area contributed by atoms with Gasteiger partial charge in [-0.3, -0.25) is 9.69 Å². The highest BCUT2D eigenvalue weighted by Gasteiger charge is 2.28. The maximum atomic E-state index is 13.2. The molecular formula is C33H46N6O2. The van der Waals surface area contributed by atoms with E-state index in [2.05, 4.69) is 66.1 Å². The maximum Gasteiger partial charge on any atom is 0.251 e. The number of hydrogen-bond acceptors (Lipinski definition) is 6. The molecule has 0 spiro atoms. The van der Waals surface area contributed by atoms with Crippen LogP contribution >= 0.6 is 0 Å². The summed E-state index contributed by atoms with van der Waals surface area (Å²) in [6.45, 7) is 15.3. The molecule has 4 N–H and O–H groups in total. The SMILES string of the molecule is C=C/C(=C\N(C)C)c1c[nH]c(C2=C(C=N)C(NC3=CC(C(=O)NCCN4CCOCC4)=CCC(C)C3C)=CC2C)c1. The van der Waals surface area contributed by atoms with Crippen LogP contribution in [-0.4, -0.2) is 80.4 Å². The highest BCUT2D eigenvalue weighted by molar-refractivity contribution is 5.98. The van der Waals surface area contributed by atoms with Crippen molar-refractivity contribution in [3.05, 3.63) is 83.1 Å². The van der Waals surface area contributed by atoms with Gasteiger partial charge in [0.1, 0.15) is 0 Å². The number of amides is 1. The molecule has 8 nitrogen and oxygen atoms in total. The van der Waals surface area contributed by atoms with Gasteiger partial charge in [0.15, 0.2) is 0 Å². The fourth-order valence-electron chi connectivity index (χ4n) is 5.61. The Morgan fingerprint density at radius 1 is 1.27 bits per heavy atom. The summed E-state index contributed by atoms with van der Waals surface area (Å²) >= 11 is 0. The molecule has 2 heterocycles. The number of ether oxygens (including phenoxy) is 1. The average Bonchev–Trinajstić information content (AvgIpc) is 3.52. The molecule has 41 heavy (non-hydrogen) atoms. The van der Waals surface area contributed by atoms with Gasteiger partial charge in [-0.25, -0.2) is 0 Å². The number of aromatic amines is 1. The van der Waals surface area contributed by atoms with Gasteiger partial charge in [0, 0.05) is 98.6 Å². The summed E-state index contributed by atoms with van der Waals surface area (Å²) in [5.41, 5.74) is 7.60. The van der Waals surface area contributed by atoms with E-state index < -0.39 is 0 Å². The van der Waals surface area contributed by atoms with Crippen molar-refractivity contribution in [3.8, 4) is 0 Å². The minimum atomic E-state index is -0.0427. The molecule has 1 aliphatic heterocycles. The minimum absolute atomic E-state index is 0.0427. The second-order valence-electron chi connectivity index (χ2n) is 11.5. The molecule has 1 saturated heterocycles. The molecule has 4 rings (SSSR count). The molecule has 3 aliphatic rings. The predicted octanol–water partition coefficient (Wildman–Crippen LogP) is 4.56. The number of rotatable bonds is 11. The number of hydrogen-bond donors (Lipinski definition) is 4. The molecule has 1 fully saturated rings. The zero-order valence-corrected chi connectivity index (χ0v) is 25.2. The number of carbonyl (C=O) groups is 1. The number of aromatic nitrogens is 1. The van der Waals surface area contributed by atoms with Crippen LogP contribution in [0.2, 0.25) is 0 Å². The fourth-order valence-corrected chi connectivity index (χ4v) is 5.61. The first-order valence-corrected chi connectivity index (χ1v) is 14.7. The van der Waals surface area contributed by atoms with Crippen LogP contribution in [0.1, 0.15) is 38.4 Å². The molecule has 0 saturated carbocycles. The number of nitrogens with zero attached hydrogens (tertiary/aromatic N) is 2. The van der Waals surface area contributed by atoms with Crippen LogP contribution in [0.3, 0.4) is 0 Å². The third-order valence-corrected chi connectivity index (χ3v) is 8.24. The number of allylic oxidation sites excluding steroid dienone is 7. The standard InChI is InChI=1S/C33H46N6O2/c1-7-25(21-38(5)6)27-18-31(36-20-27)32-23(3)16-30(28(32)19-34)37-29-17-26(9-8-22(2)24(29)4)33(40)35-10-11-39-12-14-41-15-13-39/h7,9,16-24,34,36-37H,1,8,10-15H2,2-6H3,(H,35,40)/b25-21+,34-19?. The summed E-state index contributed by atoms with van der Waals surface area (Å²) in [4.78, 5) is 20.9. The largest absolute Gasteiger partial charge is 0.383 e. The van der Waals surface area contributed by atoms with E-state index in [1.165, 1.54) is 6.21 Å². The molecule has 3 atom stereocenters. The van der Waals surface area contributed by atoms with E-state index in [9.17, 15) is 4.79 Å². The highest BCUT2D eigenvalue weighted by atomic mass is 16.5. The van der Waals surface area contributed by atoms with Gasteiger partial charge in [-0.15, -0.1) is 0 Å². The van der Waals surface area contributed by atoms with Gasteiger partial charge in [0.05, 0.1) is 13.2 Å². The fraction of sp³-hybridized carbons (Fsp3) is 0.455. The third kappa shape index (κ3) is 7.37. The normalized spacial score (nSPS) is 23.8. The number of morpholine rings is 1. The Kier molecular flexibility index (Phi) is 10.2. The van der Waals surface area contributed by atoms with Crippen LogP contribution in [0.25, 0.3) is 11.1 Å². The van der Waals surface area contributed by atoms with Crippen molar-refractivity contribution in [2.45, 2.75) is 27.2 Å². The monoisotopic (exact) mass is 558 g/mol. The van der Waals surface area contributed by atoms with Crippen molar-refractivity contribution >= 4 is 23.3 Å². The third-order valence-electron chi connectivity index (χ3n) is 8.24. The Bertz CT molecular complexity index is 1290. The van der Waals surface area contributed by atoms with Crippen LogP contribution in [0, 0.1) is 23.2 Å². The quantitative estimate of drug-likeness (QED) is 0.236. The van der Waals surface area contributed by atoms with Gasteiger partial charge in [-0.2, -0.15) is 0 Å². The van der Waals surface area contributed by atoms with E-state index in [1.807, 2.05) is 43.5 Å². The molecular weight excluding hydrogens is 512 g/mol. The summed E-state index contributed by atoms with van der Waals surface area (Å²) in [7, 11) is 3.99. The van der Waals surface area contributed by atoms with Crippen LogP contribution in [-0.2, 0) is 9.53 Å². The van der Waals surface area contributed by atoms with Crippen molar-refractivity contribution in [2.24, 2.45) is 17.8 Å². The van der Waals surface area contributed by atoms with E-state index in [0.717, 1.165) is 78.6 Å². The predicted molar refractivity (Wildman–Crippen MR) is 168 cm³/mol. The Balaban J connectivity index is 1.53. The second-order valence-corrected chi connectivity index (χ2v) is 11.5. The molecule has 8 heteroatoms. The Hall–Kier alpha value is -3.62. The lowest BCUT2D eigenvalue weighted by molar-refractivity contribution is -0.117. The van der Waals surface area contributed by atoms with Gasteiger partial charge in [-0.1, -0.05) is 45.6 Å². The molecule has 0 radical (unpaired) electrons.